The van der Waals surface area contributed by atoms with Crippen LogP contribution in [-0.2, 0) is 6.54 Å². The van der Waals surface area contributed by atoms with Gasteiger partial charge in [-0.3, -0.25) is 9.59 Å². The zero-order valence-electron chi connectivity index (χ0n) is 16.0. The van der Waals surface area contributed by atoms with Crippen LogP contribution in [0.2, 0.25) is 0 Å². The predicted octanol–water partition coefficient (Wildman–Crippen LogP) is 3.93. The van der Waals surface area contributed by atoms with Gasteiger partial charge in [-0.1, -0.05) is 30.3 Å². The molecule has 2 N–H and O–H groups in total. The second-order valence-electron chi connectivity index (χ2n) is 6.64. The van der Waals surface area contributed by atoms with Crippen LogP contribution in [-0.4, -0.2) is 25.9 Å². The second-order valence-corrected chi connectivity index (χ2v) is 6.64. The fourth-order valence-electron chi connectivity index (χ4n) is 2.70. The van der Waals surface area contributed by atoms with E-state index in [0.717, 1.165) is 16.9 Å². The Kier molecular flexibility index (Phi) is 6.07. The summed E-state index contributed by atoms with van der Waals surface area (Å²) in [6.07, 6.45) is 0. The number of nitrogens with one attached hydrogen (secondary N) is 2. The van der Waals surface area contributed by atoms with Gasteiger partial charge in [-0.05, 0) is 54.1 Å². The Hall–Kier alpha value is -3.60. The van der Waals surface area contributed by atoms with E-state index in [-0.39, 0.29) is 11.8 Å². The van der Waals surface area contributed by atoms with Crippen LogP contribution in [0.15, 0.2) is 78.9 Å². The van der Waals surface area contributed by atoms with Gasteiger partial charge < -0.3 is 15.5 Å². The van der Waals surface area contributed by atoms with E-state index in [0.29, 0.717) is 17.7 Å². The fourth-order valence-corrected chi connectivity index (χ4v) is 2.70. The summed E-state index contributed by atoms with van der Waals surface area (Å²) in [6, 6.07) is 23.9. The van der Waals surface area contributed by atoms with Crippen molar-refractivity contribution in [1.82, 2.24) is 5.32 Å². The van der Waals surface area contributed by atoms with Crippen molar-refractivity contribution >= 4 is 23.2 Å². The molecule has 28 heavy (non-hydrogen) atoms. The maximum atomic E-state index is 12.4. The Bertz CT molecular complexity index is 934. The molecule has 142 valence electrons. The first-order chi connectivity index (χ1) is 13.5. The van der Waals surface area contributed by atoms with E-state index in [1.54, 1.807) is 24.3 Å². The molecule has 0 saturated carbocycles. The van der Waals surface area contributed by atoms with Crippen LogP contribution in [0, 0.1) is 0 Å². The molecule has 3 aromatic carbocycles. The first-order valence-corrected chi connectivity index (χ1v) is 9.04. The third kappa shape index (κ3) is 4.98. The minimum atomic E-state index is -0.214. The van der Waals surface area contributed by atoms with Crippen LogP contribution in [0.5, 0.6) is 0 Å². The van der Waals surface area contributed by atoms with E-state index in [1.807, 2.05) is 73.6 Å². The third-order valence-electron chi connectivity index (χ3n) is 4.35. The molecule has 3 rings (SSSR count). The molecule has 0 radical (unpaired) electrons. The topological polar surface area (TPSA) is 61.4 Å². The number of anilines is 2. The van der Waals surface area contributed by atoms with E-state index >= 15 is 0 Å². The third-order valence-corrected chi connectivity index (χ3v) is 4.35. The van der Waals surface area contributed by atoms with E-state index in [9.17, 15) is 9.59 Å². The average molecular weight is 373 g/mol. The number of hydrogen-bond donors (Lipinski definition) is 2. The Morgan fingerprint density at radius 3 is 1.89 bits per heavy atom. The highest BCUT2D eigenvalue weighted by Gasteiger charge is 2.09. The predicted molar refractivity (Wildman–Crippen MR) is 113 cm³/mol. The lowest BCUT2D eigenvalue weighted by atomic mass is 10.1. The first-order valence-electron chi connectivity index (χ1n) is 9.04. The number of amides is 2. The lowest BCUT2D eigenvalue weighted by Crippen LogP contribution is -2.22. The summed E-state index contributed by atoms with van der Waals surface area (Å²) in [6.45, 7) is 0.463. The summed E-state index contributed by atoms with van der Waals surface area (Å²) in [5.74, 6) is -0.385. The summed E-state index contributed by atoms with van der Waals surface area (Å²) >= 11 is 0. The largest absolute Gasteiger partial charge is 0.378 e. The Morgan fingerprint density at radius 1 is 0.750 bits per heavy atom. The molecule has 2 amide bonds. The van der Waals surface area contributed by atoms with Gasteiger partial charge in [0.1, 0.15) is 0 Å². The summed E-state index contributed by atoms with van der Waals surface area (Å²) in [4.78, 5) is 26.7. The average Bonchev–Trinajstić information content (AvgIpc) is 2.73. The summed E-state index contributed by atoms with van der Waals surface area (Å²) in [5, 5.41) is 5.74. The van der Waals surface area contributed by atoms with Crippen molar-refractivity contribution in [3.8, 4) is 0 Å². The van der Waals surface area contributed by atoms with Crippen LogP contribution in [0.25, 0.3) is 0 Å². The van der Waals surface area contributed by atoms with Crippen molar-refractivity contribution in [2.75, 3.05) is 24.3 Å². The number of benzene rings is 3. The fraction of sp³-hybridized carbons (Fsp3) is 0.130. The number of carbonyl (C=O) groups excluding carboxylic acids is 2. The molecule has 0 atom stereocenters. The minimum Gasteiger partial charge on any atom is -0.378 e. The molecule has 5 nitrogen and oxygen atoms in total. The van der Waals surface area contributed by atoms with E-state index in [1.165, 1.54) is 0 Å². The standard InChI is InChI=1S/C23H23N3O2/c1-26(2)21-14-12-20(13-15-21)25-23(28)19-10-8-18(9-11-19)22(27)24-16-17-6-4-3-5-7-17/h3-15H,16H2,1-2H3,(H,24,27)(H,25,28). The number of nitrogens with zero attached hydrogens (tertiary/aromatic N) is 1. The molecule has 0 saturated heterocycles. The van der Waals surface area contributed by atoms with Gasteiger partial charge in [-0.2, -0.15) is 0 Å². The van der Waals surface area contributed by atoms with Gasteiger partial charge in [-0.15, -0.1) is 0 Å². The van der Waals surface area contributed by atoms with Gasteiger partial charge in [0.2, 0.25) is 0 Å². The van der Waals surface area contributed by atoms with Crippen molar-refractivity contribution in [3.63, 3.8) is 0 Å². The number of carbonyl (C=O) groups is 2. The number of hydrogen-bond acceptors (Lipinski definition) is 3. The van der Waals surface area contributed by atoms with Crippen LogP contribution in [0.4, 0.5) is 11.4 Å². The monoisotopic (exact) mass is 373 g/mol. The van der Waals surface area contributed by atoms with Crippen molar-refractivity contribution in [3.05, 3.63) is 95.6 Å². The van der Waals surface area contributed by atoms with Gasteiger partial charge in [-0.25, -0.2) is 0 Å². The highest BCUT2D eigenvalue weighted by molar-refractivity contribution is 6.05. The van der Waals surface area contributed by atoms with E-state index in [4.69, 9.17) is 0 Å². The van der Waals surface area contributed by atoms with Crippen LogP contribution in [0.1, 0.15) is 26.3 Å². The highest BCUT2D eigenvalue weighted by atomic mass is 16.2. The molecule has 0 bridgehead atoms. The van der Waals surface area contributed by atoms with Crippen LogP contribution >= 0.6 is 0 Å². The summed E-state index contributed by atoms with van der Waals surface area (Å²) < 4.78 is 0. The molecule has 0 aliphatic carbocycles. The quantitative estimate of drug-likeness (QED) is 0.688. The highest BCUT2D eigenvalue weighted by Crippen LogP contribution is 2.16. The molecule has 0 aromatic heterocycles. The summed E-state index contributed by atoms with van der Waals surface area (Å²) in [7, 11) is 3.93. The van der Waals surface area contributed by atoms with Gasteiger partial charge in [0, 0.05) is 43.1 Å². The van der Waals surface area contributed by atoms with Crippen molar-refractivity contribution in [2.24, 2.45) is 0 Å². The van der Waals surface area contributed by atoms with Gasteiger partial charge in [0.05, 0.1) is 0 Å². The molecule has 0 unspecified atom stereocenters. The second kappa shape index (κ2) is 8.86. The lowest BCUT2D eigenvalue weighted by molar-refractivity contribution is 0.0949. The van der Waals surface area contributed by atoms with E-state index in [2.05, 4.69) is 10.6 Å². The zero-order chi connectivity index (χ0) is 19.9. The van der Waals surface area contributed by atoms with Gasteiger partial charge >= 0.3 is 0 Å². The molecule has 3 aromatic rings. The van der Waals surface area contributed by atoms with Crippen molar-refractivity contribution in [2.45, 2.75) is 6.54 Å². The van der Waals surface area contributed by atoms with Crippen LogP contribution < -0.4 is 15.5 Å². The molecule has 0 fully saturated rings. The lowest BCUT2D eigenvalue weighted by Gasteiger charge is -2.13. The zero-order valence-corrected chi connectivity index (χ0v) is 16.0. The van der Waals surface area contributed by atoms with Gasteiger partial charge in [0.15, 0.2) is 0 Å². The van der Waals surface area contributed by atoms with Crippen LogP contribution in [0.3, 0.4) is 0 Å². The Morgan fingerprint density at radius 2 is 1.32 bits per heavy atom. The first kappa shape index (κ1) is 19.2. The minimum absolute atomic E-state index is 0.171. The summed E-state index contributed by atoms with van der Waals surface area (Å²) in [5.41, 5.74) is 3.83. The molecule has 5 heteroatoms. The van der Waals surface area contributed by atoms with Crippen molar-refractivity contribution < 1.29 is 9.59 Å². The molecule has 0 aliphatic rings. The molecule has 0 spiro atoms. The molecule has 0 heterocycles. The molecular formula is C23H23N3O2. The number of rotatable bonds is 6. The Labute approximate surface area is 165 Å². The van der Waals surface area contributed by atoms with E-state index < -0.39 is 0 Å². The van der Waals surface area contributed by atoms with Crippen molar-refractivity contribution in [1.29, 1.82) is 0 Å². The maximum Gasteiger partial charge on any atom is 0.255 e. The van der Waals surface area contributed by atoms with Gasteiger partial charge in [0.25, 0.3) is 11.8 Å². The SMILES string of the molecule is CN(C)c1ccc(NC(=O)c2ccc(C(=O)NCc3ccccc3)cc2)cc1. The Balaban J connectivity index is 1.58. The maximum absolute atomic E-state index is 12.4. The molecular weight excluding hydrogens is 350 g/mol. The smallest absolute Gasteiger partial charge is 0.255 e. The normalized spacial score (nSPS) is 10.2. The molecule has 0 aliphatic heterocycles.